The summed E-state index contributed by atoms with van der Waals surface area (Å²) in [6, 6.07) is 11.9. The molecule has 1 heterocycles. The smallest absolute Gasteiger partial charge is 0.419 e. The number of Topliss-reactive ketones (excluding diaryl/α,β-unsaturated/α-hetero) is 1. The van der Waals surface area contributed by atoms with Crippen molar-refractivity contribution in [3.05, 3.63) is 63.8 Å². The lowest BCUT2D eigenvalue weighted by Gasteiger charge is -2.24. The zero-order chi connectivity index (χ0) is 25.9. The molecule has 0 aliphatic carbocycles. The van der Waals surface area contributed by atoms with Crippen LogP contribution in [0, 0.1) is 0 Å². The number of benzene rings is 2. The van der Waals surface area contributed by atoms with Crippen LogP contribution in [0.2, 0.25) is 10.0 Å². The van der Waals surface area contributed by atoms with Gasteiger partial charge in [-0.3, -0.25) is 4.79 Å². The predicted molar refractivity (Wildman–Crippen MR) is 138 cm³/mol. The van der Waals surface area contributed by atoms with Gasteiger partial charge < -0.3 is 14.4 Å². The summed E-state index contributed by atoms with van der Waals surface area (Å²) in [5.74, 6) is -0.909. The van der Waals surface area contributed by atoms with Crippen LogP contribution >= 0.6 is 23.2 Å². The Morgan fingerprint density at radius 1 is 1.03 bits per heavy atom. The van der Waals surface area contributed by atoms with Crippen LogP contribution < -0.4 is 4.90 Å². The van der Waals surface area contributed by atoms with E-state index in [0.29, 0.717) is 23.2 Å². The molecule has 0 fully saturated rings. The zero-order valence-corrected chi connectivity index (χ0v) is 21.9. The Hall–Kier alpha value is -3.03. The number of ketones is 1. The van der Waals surface area contributed by atoms with Gasteiger partial charge in [0.05, 0.1) is 29.4 Å². The van der Waals surface area contributed by atoms with Crippen LogP contribution in [0.3, 0.4) is 0 Å². The SMILES string of the molecule is CCOC(=O)c1c(N(CC)CC(=O)c2ccccc2)c2c(Cl)cc(Cl)cc2n1C(=O)OC(C)(C)C. The number of carbonyl (C=O) groups is 3. The minimum atomic E-state index is -0.837. The minimum Gasteiger partial charge on any atom is -0.461 e. The van der Waals surface area contributed by atoms with Crippen molar-refractivity contribution in [2.45, 2.75) is 40.2 Å². The second-order valence-electron chi connectivity index (χ2n) is 8.82. The number of aromatic nitrogens is 1. The van der Waals surface area contributed by atoms with Crippen LogP contribution in [0.25, 0.3) is 10.9 Å². The van der Waals surface area contributed by atoms with E-state index in [-0.39, 0.29) is 40.2 Å². The quantitative estimate of drug-likeness (QED) is 0.258. The number of nitrogens with zero attached hydrogens (tertiary/aromatic N) is 2. The van der Waals surface area contributed by atoms with E-state index in [4.69, 9.17) is 32.7 Å². The molecule has 0 N–H and O–H groups in total. The summed E-state index contributed by atoms with van der Waals surface area (Å²) in [5, 5.41) is 0.892. The van der Waals surface area contributed by atoms with Gasteiger partial charge in [-0.2, -0.15) is 0 Å². The lowest BCUT2D eigenvalue weighted by atomic mass is 10.1. The number of halogens is 2. The molecule has 0 spiro atoms. The molecule has 3 rings (SSSR count). The van der Waals surface area contributed by atoms with Gasteiger partial charge in [0.1, 0.15) is 5.60 Å². The monoisotopic (exact) mass is 518 g/mol. The largest absolute Gasteiger partial charge is 0.461 e. The van der Waals surface area contributed by atoms with Gasteiger partial charge in [-0.15, -0.1) is 0 Å². The highest BCUT2D eigenvalue weighted by Gasteiger charge is 2.34. The maximum absolute atomic E-state index is 13.4. The van der Waals surface area contributed by atoms with Gasteiger partial charge >= 0.3 is 12.1 Å². The third kappa shape index (κ3) is 5.80. The fourth-order valence-electron chi connectivity index (χ4n) is 3.75. The van der Waals surface area contributed by atoms with Crippen molar-refractivity contribution in [1.82, 2.24) is 4.57 Å². The number of esters is 1. The number of carbonyl (C=O) groups excluding carboxylic acids is 3. The number of rotatable bonds is 7. The molecule has 0 unspecified atom stereocenters. The molecular formula is C26H28Cl2N2O5. The molecule has 0 aliphatic rings. The molecule has 35 heavy (non-hydrogen) atoms. The highest BCUT2D eigenvalue weighted by atomic mass is 35.5. The summed E-state index contributed by atoms with van der Waals surface area (Å²) in [7, 11) is 0. The van der Waals surface area contributed by atoms with Crippen LogP contribution in [-0.4, -0.2) is 47.7 Å². The van der Waals surface area contributed by atoms with E-state index in [9.17, 15) is 14.4 Å². The Morgan fingerprint density at radius 2 is 1.69 bits per heavy atom. The molecule has 0 amide bonds. The molecule has 9 heteroatoms. The molecule has 186 valence electrons. The van der Waals surface area contributed by atoms with Crippen molar-refractivity contribution >= 4 is 57.6 Å². The highest BCUT2D eigenvalue weighted by molar-refractivity contribution is 6.40. The van der Waals surface area contributed by atoms with E-state index in [1.165, 1.54) is 12.1 Å². The summed E-state index contributed by atoms with van der Waals surface area (Å²) in [4.78, 5) is 41.4. The van der Waals surface area contributed by atoms with Crippen molar-refractivity contribution in [3.63, 3.8) is 0 Å². The van der Waals surface area contributed by atoms with Gasteiger partial charge in [-0.1, -0.05) is 53.5 Å². The van der Waals surface area contributed by atoms with Crippen molar-refractivity contribution in [2.75, 3.05) is 24.6 Å². The average molecular weight is 519 g/mol. The maximum Gasteiger partial charge on any atom is 0.419 e. The zero-order valence-electron chi connectivity index (χ0n) is 20.4. The first kappa shape index (κ1) is 26.6. The second kappa shape index (κ2) is 10.7. The second-order valence-corrected chi connectivity index (χ2v) is 9.66. The van der Waals surface area contributed by atoms with Crippen molar-refractivity contribution < 1.29 is 23.9 Å². The standard InChI is InChI=1S/C26H28Cl2N2O5/c1-6-29(15-20(31)16-11-9-8-10-12-16)22-21-18(28)13-17(27)14-19(21)30(23(22)24(32)34-7-2)25(33)35-26(3,4)5/h8-14H,6-7,15H2,1-5H3. The van der Waals surface area contributed by atoms with Crippen molar-refractivity contribution in [2.24, 2.45) is 0 Å². The first-order valence-corrected chi connectivity index (χ1v) is 12.0. The summed E-state index contributed by atoms with van der Waals surface area (Å²) >= 11 is 12.9. The molecule has 0 saturated heterocycles. The Bertz CT molecular complexity index is 1260. The van der Waals surface area contributed by atoms with E-state index in [2.05, 4.69) is 0 Å². The molecule has 0 atom stereocenters. The molecular weight excluding hydrogens is 491 g/mol. The van der Waals surface area contributed by atoms with Gasteiger partial charge in [-0.05, 0) is 46.8 Å². The molecule has 0 saturated carbocycles. The summed E-state index contributed by atoms with van der Waals surface area (Å²) in [5.41, 5.74) is 0.186. The van der Waals surface area contributed by atoms with Crippen LogP contribution in [0.15, 0.2) is 42.5 Å². The Labute approximate surface area is 214 Å². The third-order valence-corrected chi connectivity index (χ3v) is 5.65. The number of hydrogen-bond donors (Lipinski definition) is 0. The number of likely N-dealkylation sites (N-methyl/N-ethyl adjacent to an activating group) is 1. The number of hydrogen-bond acceptors (Lipinski definition) is 6. The van der Waals surface area contributed by atoms with Gasteiger partial charge in [0.15, 0.2) is 11.5 Å². The lowest BCUT2D eigenvalue weighted by molar-refractivity contribution is 0.0454. The minimum absolute atomic E-state index is 0.0562. The Kier molecular flexibility index (Phi) is 8.13. The lowest BCUT2D eigenvalue weighted by Crippen LogP contribution is -2.33. The molecule has 3 aromatic rings. The van der Waals surface area contributed by atoms with Crippen LogP contribution in [0.1, 0.15) is 55.5 Å². The number of anilines is 1. The topological polar surface area (TPSA) is 77.8 Å². The van der Waals surface area contributed by atoms with Crippen LogP contribution in [0.4, 0.5) is 10.5 Å². The van der Waals surface area contributed by atoms with E-state index in [1.54, 1.807) is 56.9 Å². The van der Waals surface area contributed by atoms with E-state index >= 15 is 0 Å². The Balaban J connectivity index is 2.31. The maximum atomic E-state index is 13.4. The average Bonchev–Trinajstić information content (AvgIpc) is 3.12. The molecule has 0 radical (unpaired) electrons. The highest BCUT2D eigenvalue weighted by Crippen LogP contribution is 2.41. The summed E-state index contributed by atoms with van der Waals surface area (Å²) in [6.07, 6.45) is -0.791. The van der Waals surface area contributed by atoms with E-state index in [0.717, 1.165) is 4.57 Å². The first-order chi connectivity index (χ1) is 16.5. The Morgan fingerprint density at radius 3 is 2.26 bits per heavy atom. The first-order valence-electron chi connectivity index (χ1n) is 11.3. The van der Waals surface area contributed by atoms with Gasteiger partial charge in [0, 0.05) is 22.5 Å². The summed E-state index contributed by atoms with van der Waals surface area (Å²) in [6.45, 7) is 9.04. The van der Waals surface area contributed by atoms with Crippen LogP contribution in [0.5, 0.6) is 0 Å². The van der Waals surface area contributed by atoms with Gasteiger partial charge in [0.25, 0.3) is 0 Å². The van der Waals surface area contributed by atoms with Crippen molar-refractivity contribution in [3.8, 4) is 0 Å². The summed E-state index contributed by atoms with van der Waals surface area (Å²) < 4.78 is 12.0. The van der Waals surface area contributed by atoms with Crippen LogP contribution in [-0.2, 0) is 9.47 Å². The van der Waals surface area contributed by atoms with E-state index < -0.39 is 17.7 Å². The molecule has 0 aliphatic heterocycles. The fourth-order valence-corrected chi connectivity index (χ4v) is 4.32. The number of fused-ring (bicyclic) bond motifs is 1. The molecule has 2 aromatic carbocycles. The molecule has 7 nitrogen and oxygen atoms in total. The van der Waals surface area contributed by atoms with E-state index in [1.807, 2.05) is 13.0 Å². The van der Waals surface area contributed by atoms with Crippen molar-refractivity contribution in [1.29, 1.82) is 0 Å². The third-order valence-electron chi connectivity index (χ3n) is 5.13. The normalized spacial score (nSPS) is 11.4. The number of ether oxygens (including phenoxy) is 2. The van der Waals surface area contributed by atoms with Gasteiger partial charge in [-0.25, -0.2) is 14.2 Å². The van der Waals surface area contributed by atoms with Gasteiger partial charge in [0.2, 0.25) is 0 Å². The molecule has 1 aromatic heterocycles. The fraction of sp³-hybridized carbons (Fsp3) is 0.346. The molecule has 0 bridgehead atoms. The predicted octanol–water partition coefficient (Wildman–Crippen LogP) is 6.62.